The van der Waals surface area contributed by atoms with Gasteiger partial charge in [-0.05, 0) is 61.9 Å². The maximum atomic E-state index is 12.3. The molecule has 154 valence electrons. The number of ether oxygens (including phenoxy) is 1. The van der Waals surface area contributed by atoms with E-state index in [4.69, 9.17) is 4.74 Å². The zero-order valence-corrected chi connectivity index (χ0v) is 17.3. The van der Waals surface area contributed by atoms with Gasteiger partial charge < -0.3 is 15.0 Å². The van der Waals surface area contributed by atoms with E-state index in [2.05, 4.69) is 5.32 Å². The highest BCUT2D eigenvalue weighted by atomic mass is 16.5. The van der Waals surface area contributed by atoms with Crippen LogP contribution in [0.25, 0.3) is 6.08 Å². The average molecular weight is 405 g/mol. The normalized spacial score (nSPS) is 11.8. The molecule has 0 aromatic heterocycles. The first kappa shape index (κ1) is 22.4. The zero-order chi connectivity index (χ0) is 22.3. The number of Topliss-reactive ketones (excluding diaryl/α,β-unsaturated/α-hetero) is 1. The van der Waals surface area contributed by atoms with Gasteiger partial charge in [0.2, 0.25) is 0 Å². The number of nitrogens with zero attached hydrogens (tertiary/aromatic N) is 2. The highest BCUT2D eigenvalue weighted by Crippen LogP contribution is 2.16. The van der Waals surface area contributed by atoms with Crippen LogP contribution in [0.4, 0.5) is 11.4 Å². The van der Waals surface area contributed by atoms with Crippen LogP contribution in [0.1, 0.15) is 29.8 Å². The predicted octanol–water partition coefficient (Wildman–Crippen LogP) is 3.43. The number of carbonyl (C=O) groups excluding carboxylic acids is 3. The minimum atomic E-state index is -1.11. The maximum Gasteiger partial charge on any atom is 0.349 e. The summed E-state index contributed by atoms with van der Waals surface area (Å²) < 4.78 is 5.13. The van der Waals surface area contributed by atoms with E-state index in [1.807, 2.05) is 37.2 Å². The minimum absolute atomic E-state index is 0.0812. The Hall–Kier alpha value is -3.92. The molecular weight excluding hydrogens is 382 g/mol. The third kappa shape index (κ3) is 6.04. The van der Waals surface area contributed by atoms with Gasteiger partial charge in [-0.15, -0.1) is 0 Å². The molecule has 0 saturated heterocycles. The second kappa shape index (κ2) is 10.0. The maximum absolute atomic E-state index is 12.3. The SMILES string of the molecule is CC(=O)c1ccc(NC(=O)[C@@H](C)OC(=O)/C(C#N)=C/c2ccc(N(C)C)cc2)cc1. The molecule has 0 aliphatic carbocycles. The number of nitrogens with one attached hydrogen (secondary N) is 1. The Morgan fingerprint density at radius 2 is 1.67 bits per heavy atom. The highest BCUT2D eigenvalue weighted by molar-refractivity contribution is 6.01. The van der Waals surface area contributed by atoms with Gasteiger partial charge in [-0.2, -0.15) is 5.26 Å². The number of ketones is 1. The van der Waals surface area contributed by atoms with Crippen LogP contribution in [-0.4, -0.2) is 37.9 Å². The van der Waals surface area contributed by atoms with Crippen molar-refractivity contribution < 1.29 is 19.1 Å². The van der Waals surface area contributed by atoms with Gasteiger partial charge in [0.05, 0.1) is 0 Å². The fourth-order valence-electron chi connectivity index (χ4n) is 2.48. The van der Waals surface area contributed by atoms with Gasteiger partial charge in [0.1, 0.15) is 11.6 Å². The van der Waals surface area contributed by atoms with Crippen LogP contribution < -0.4 is 10.2 Å². The molecule has 2 aromatic rings. The Morgan fingerprint density at radius 1 is 1.07 bits per heavy atom. The largest absolute Gasteiger partial charge is 0.448 e. The van der Waals surface area contributed by atoms with Gasteiger partial charge in [-0.25, -0.2) is 4.79 Å². The Labute approximate surface area is 175 Å². The van der Waals surface area contributed by atoms with Crippen molar-refractivity contribution in [1.29, 1.82) is 5.26 Å². The second-order valence-electron chi connectivity index (χ2n) is 6.83. The first-order valence-corrected chi connectivity index (χ1v) is 9.23. The molecule has 2 aromatic carbocycles. The predicted molar refractivity (Wildman–Crippen MR) is 115 cm³/mol. The van der Waals surface area contributed by atoms with Gasteiger partial charge in [0.15, 0.2) is 11.9 Å². The molecule has 30 heavy (non-hydrogen) atoms. The molecule has 0 unspecified atom stereocenters. The number of nitriles is 1. The van der Waals surface area contributed by atoms with E-state index in [0.29, 0.717) is 16.8 Å². The molecule has 7 heteroatoms. The van der Waals surface area contributed by atoms with Crippen LogP contribution in [0, 0.1) is 11.3 Å². The summed E-state index contributed by atoms with van der Waals surface area (Å²) in [5, 5.41) is 11.9. The quantitative estimate of drug-likeness (QED) is 0.328. The molecule has 0 aliphatic heterocycles. The molecular formula is C23H23N3O4. The van der Waals surface area contributed by atoms with E-state index in [0.717, 1.165) is 5.69 Å². The lowest BCUT2D eigenvalue weighted by atomic mass is 10.1. The highest BCUT2D eigenvalue weighted by Gasteiger charge is 2.20. The smallest absolute Gasteiger partial charge is 0.349 e. The van der Waals surface area contributed by atoms with Crippen molar-refractivity contribution in [2.45, 2.75) is 20.0 Å². The van der Waals surface area contributed by atoms with E-state index in [-0.39, 0.29) is 11.4 Å². The summed E-state index contributed by atoms with van der Waals surface area (Å²) in [6.45, 7) is 2.87. The summed E-state index contributed by atoms with van der Waals surface area (Å²) in [5.74, 6) is -1.52. The van der Waals surface area contributed by atoms with Gasteiger partial charge >= 0.3 is 5.97 Å². The molecule has 0 heterocycles. The number of amides is 1. The fourth-order valence-corrected chi connectivity index (χ4v) is 2.48. The number of anilines is 2. The van der Waals surface area contributed by atoms with Crippen LogP contribution in [0.2, 0.25) is 0 Å². The molecule has 0 radical (unpaired) electrons. The van der Waals surface area contributed by atoms with Crippen LogP contribution in [-0.2, 0) is 14.3 Å². The number of carbonyl (C=O) groups is 3. The van der Waals surface area contributed by atoms with E-state index in [1.54, 1.807) is 36.4 Å². The Kier molecular flexibility index (Phi) is 7.48. The Bertz CT molecular complexity index is 1000. The first-order chi connectivity index (χ1) is 14.2. The van der Waals surface area contributed by atoms with Crippen molar-refractivity contribution in [1.82, 2.24) is 0 Å². The molecule has 0 bridgehead atoms. The minimum Gasteiger partial charge on any atom is -0.448 e. The lowest BCUT2D eigenvalue weighted by Gasteiger charge is -2.14. The van der Waals surface area contributed by atoms with E-state index < -0.39 is 18.0 Å². The molecule has 0 spiro atoms. The number of hydrogen-bond acceptors (Lipinski definition) is 6. The molecule has 1 atom stereocenters. The van der Waals surface area contributed by atoms with Gasteiger partial charge in [-0.1, -0.05) is 12.1 Å². The molecule has 2 rings (SSSR count). The fraction of sp³-hybridized carbons (Fsp3) is 0.217. The number of hydrogen-bond donors (Lipinski definition) is 1. The topological polar surface area (TPSA) is 99.5 Å². The summed E-state index contributed by atoms with van der Waals surface area (Å²) >= 11 is 0. The lowest BCUT2D eigenvalue weighted by molar-refractivity contribution is -0.148. The Morgan fingerprint density at radius 3 is 2.17 bits per heavy atom. The summed E-state index contributed by atoms with van der Waals surface area (Å²) in [7, 11) is 3.82. The molecule has 7 nitrogen and oxygen atoms in total. The van der Waals surface area contributed by atoms with E-state index >= 15 is 0 Å². The third-order valence-corrected chi connectivity index (χ3v) is 4.27. The van der Waals surface area contributed by atoms with E-state index in [1.165, 1.54) is 19.9 Å². The average Bonchev–Trinajstić information content (AvgIpc) is 2.72. The molecule has 1 N–H and O–H groups in total. The monoisotopic (exact) mass is 405 g/mol. The number of esters is 1. The van der Waals surface area contributed by atoms with Crippen LogP contribution in [0.5, 0.6) is 0 Å². The van der Waals surface area contributed by atoms with Crippen molar-refractivity contribution in [2.24, 2.45) is 0 Å². The summed E-state index contributed by atoms with van der Waals surface area (Å²) in [6, 6.07) is 15.4. The van der Waals surface area contributed by atoms with Crippen molar-refractivity contribution in [2.75, 3.05) is 24.3 Å². The second-order valence-corrected chi connectivity index (χ2v) is 6.83. The van der Waals surface area contributed by atoms with Crippen molar-refractivity contribution in [3.05, 3.63) is 65.2 Å². The van der Waals surface area contributed by atoms with Gasteiger partial charge in [0.25, 0.3) is 5.91 Å². The number of benzene rings is 2. The molecule has 0 aliphatic rings. The third-order valence-electron chi connectivity index (χ3n) is 4.27. The first-order valence-electron chi connectivity index (χ1n) is 9.23. The standard InChI is InChI=1S/C23H23N3O4/c1-15(27)18-7-9-20(10-8-18)25-22(28)16(2)30-23(29)19(14-24)13-17-5-11-21(12-6-17)26(3)4/h5-13,16H,1-4H3,(H,25,28)/b19-13+/t16-/m1/s1. The molecule has 0 fully saturated rings. The zero-order valence-electron chi connectivity index (χ0n) is 17.3. The number of rotatable bonds is 7. The summed E-state index contributed by atoms with van der Waals surface area (Å²) in [4.78, 5) is 37.8. The van der Waals surface area contributed by atoms with E-state index in [9.17, 15) is 19.6 Å². The lowest BCUT2D eigenvalue weighted by Crippen LogP contribution is -2.30. The van der Waals surface area contributed by atoms with Crippen LogP contribution >= 0.6 is 0 Å². The van der Waals surface area contributed by atoms with Crippen LogP contribution in [0.3, 0.4) is 0 Å². The van der Waals surface area contributed by atoms with Crippen LogP contribution in [0.15, 0.2) is 54.1 Å². The van der Waals surface area contributed by atoms with Crippen molar-refractivity contribution in [3.63, 3.8) is 0 Å². The summed E-state index contributed by atoms with van der Waals surface area (Å²) in [6.07, 6.45) is 0.297. The Balaban J connectivity index is 2.02. The van der Waals surface area contributed by atoms with Gasteiger partial charge in [-0.3, -0.25) is 9.59 Å². The van der Waals surface area contributed by atoms with Crippen molar-refractivity contribution in [3.8, 4) is 6.07 Å². The molecule has 1 amide bonds. The summed E-state index contributed by atoms with van der Waals surface area (Å²) in [5.41, 5.74) is 2.42. The van der Waals surface area contributed by atoms with Gasteiger partial charge in [0, 0.05) is 31.0 Å². The van der Waals surface area contributed by atoms with Crippen molar-refractivity contribution >= 4 is 35.1 Å². The molecule has 0 saturated carbocycles.